The minimum atomic E-state index is -0.0502. The Morgan fingerprint density at radius 2 is 1.90 bits per heavy atom. The van der Waals surface area contributed by atoms with Gasteiger partial charge in [0, 0.05) is 0 Å². The summed E-state index contributed by atoms with van der Waals surface area (Å²) in [4.78, 5) is 15.3. The monoisotopic (exact) mass is 281 g/mol. The summed E-state index contributed by atoms with van der Waals surface area (Å²) < 4.78 is 1.80. The molecule has 108 valence electrons. The molecule has 0 fully saturated rings. The van der Waals surface area contributed by atoms with Gasteiger partial charge in [0.1, 0.15) is 0 Å². The van der Waals surface area contributed by atoms with Crippen LogP contribution in [-0.4, -0.2) is 23.1 Å². The van der Waals surface area contributed by atoms with Crippen LogP contribution in [0.4, 0.5) is 0 Å². The number of benzene rings is 2. The number of aromatic amines is 1. The van der Waals surface area contributed by atoms with E-state index < -0.39 is 0 Å². The van der Waals surface area contributed by atoms with Crippen LogP contribution in [0.3, 0.4) is 0 Å². The molecule has 0 unspecified atom stereocenters. The summed E-state index contributed by atoms with van der Waals surface area (Å²) in [6, 6.07) is 16.1. The van der Waals surface area contributed by atoms with Gasteiger partial charge in [-0.2, -0.15) is 0 Å². The van der Waals surface area contributed by atoms with Crippen molar-refractivity contribution >= 4 is 11.0 Å². The number of para-hydroxylation sites is 1. The van der Waals surface area contributed by atoms with E-state index in [1.54, 1.807) is 4.57 Å². The Labute approximate surface area is 123 Å². The zero-order chi connectivity index (χ0) is 14.7. The van der Waals surface area contributed by atoms with E-state index in [0.717, 1.165) is 29.6 Å². The third-order valence-electron chi connectivity index (χ3n) is 3.72. The van der Waals surface area contributed by atoms with Crippen molar-refractivity contribution in [3.05, 3.63) is 70.1 Å². The highest BCUT2D eigenvalue weighted by Gasteiger charge is 2.10. The van der Waals surface area contributed by atoms with Crippen LogP contribution in [0, 0.1) is 0 Å². The van der Waals surface area contributed by atoms with E-state index >= 15 is 0 Å². The standard InChI is InChI=1S/C17H19N3O/c1-18-11-10-14-8-5-9-15-16(14)19-17(21)20(15)12-13-6-3-2-4-7-13/h2-9,18H,10-12H2,1H3,(H,19,21). The third-order valence-corrected chi connectivity index (χ3v) is 3.72. The van der Waals surface area contributed by atoms with Gasteiger partial charge in [-0.05, 0) is 37.2 Å². The van der Waals surface area contributed by atoms with Crippen molar-refractivity contribution in [1.82, 2.24) is 14.9 Å². The van der Waals surface area contributed by atoms with Crippen molar-refractivity contribution in [1.29, 1.82) is 0 Å². The largest absolute Gasteiger partial charge is 0.326 e. The normalized spacial score (nSPS) is 11.1. The van der Waals surface area contributed by atoms with E-state index in [-0.39, 0.29) is 5.69 Å². The number of hydrogen-bond donors (Lipinski definition) is 2. The third kappa shape index (κ3) is 2.76. The van der Waals surface area contributed by atoms with Gasteiger partial charge < -0.3 is 10.3 Å². The molecule has 0 aliphatic rings. The highest BCUT2D eigenvalue weighted by molar-refractivity contribution is 5.79. The average Bonchev–Trinajstić information content (AvgIpc) is 2.83. The lowest BCUT2D eigenvalue weighted by Crippen LogP contribution is -2.17. The quantitative estimate of drug-likeness (QED) is 0.753. The van der Waals surface area contributed by atoms with Gasteiger partial charge >= 0.3 is 5.69 Å². The second-order valence-electron chi connectivity index (χ2n) is 5.17. The number of likely N-dealkylation sites (N-methyl/N-ethyl adjacent to an activating group) is 1. The van der Waals surface area contributed by atoms with Crippen LogP contribution in [0.2, 0.25) is 0 Å². The van der Waals surface area contributed by atoms with Gasteiger partial charge in [0.2, 0.25) is 0 Å². The summed E-state index contributed by atoms with van der Waals surface area (Å²) in [7, 11) is 1.93. The van der Waals surface area contributed by atoms with Crippen molar-refractivity contribution in [2.75, 3.05) is 13.6 Å². The number of nitrogens with one attached hydrogen (secondary N) is 2. The molecule has 0 amide bonds. The van der Waals surface area contributed by atoms with Gasteiger partial charge in [-0.3, -0.25) is 4.57 Å². The number of rotatable bonds is 5. The first kappa shape index (κ1) is 13.6. The summed E-state index contributed by atoms with van der Waals surface area (Å²) in [5.74, 6) is 0. The van der Waals surface area contributed by atoms with Crippen molar-refractivity contribution in [3.8, 4) is 0 Å². The molecular weight excluding hydrogens is 262 g/mol. The Kier molecular flexibility index (Phi) is 3.88. The van der Waals surface area contributed by atoms with E-state index in [0.29, 0.717) is 6.54 Å². The Hall–Kier alpha value is -2.33. The van der Waals surface area contributed by atoms with Crippen LogP contribution in [0.1, 0.15) is 11.1 Å². The molecule has 0 spiro atoms. The highest BCUT2D eigenvalue weighted by Crippen LogP contribution is 2.17. The minimum Gasteiger partial charge on any atom is -0.319 e. The summed E-state index contributed by atoms with van der Waals surface area (Å²) >= 11 is 0. The van der Waals surface area contributed by atoms with Crippen LogP contribution in [0.25, 0.3) is 11.0 Å². The molecule has 1 heterocycles. The Morgan fingerprint density at radius 3 is 2.67 bits per heavy atom. The van der Waals surface area contributed by atoms with Crippen LogP contribution in [0.15, 0.2) is 53.3 Å². The molecule has 4 nitrogen and oxygen atoms in total. The fourth-order valence-corrected chi connectivity index (χ4v) is 2.63. The predicted molar refractivity (Wildman–Crippen MR) is 85.7 cm³/mol. The lowest BCUT2D eigenvalue weighted by atomic mass is 10.1. The fraction of sp³-hybridized carbons (Fsp3) is 0.235. The van der Waals surface area contributed by atoms with Crippen molar-refractivity contribution in [2.45, 2.75) is 13.0 Å². The Balaban J connectivity index is 2.03. The maximum absolute atomic E-state index is 12.3. The second-order valence-corrected chi connectivity index (χ2v) is 5.17. The van der Waals surface area contributed by atoms with E-state index in [9.17, 15) is 4.79 Å². The molecule has 0 aliphatic carbocycles. The summed E-state index contributed by atoms with van der Waals surface area (Å²) in [5.41, 5.74) is 4.17. The highest BCUT2D eigenvalue weighted by atomic mass is 16.1. The van der Waals surface area contributed by atoms with Crippen molar-refractivity contribution in [3.63, 3.8) is 0 Å². The van der Waals surface area contributed by atoms with Crippen LogP contribution >= 0.6 is 0 Å². The van der Waals surface area contributed by atoms with Gasteiger partial charge in [0.05, 0.1) is 17.6 Å². The van der Waals surface area contributed by atoms with Gasteiger partial charge in [0.15, 0.2) is 0 Å². The molecule has 0 bridgehead atoms. The first-order valence-corrected chi connectivity index (χ1v) is 7.18. The lowest BCUT2D eigenvalue weighted by molar-refractivity contribution is 0.787. The van der Waals surface area contributed by atoms with Crippen molar-refractivity contribution < 1.29 is 0 Å². The molecule has 0 atom stereocenters. The van der Waals surface area contributed by atoms with Crippen LogP contribution in [0.5, 0.6) is 0 Å². The molecule has 0 saturated carbocycles. The molecule has 2 aromatic carbocycles. The number of H-pyrrole nitrogens is 1. The lowest BCUT2D eigenvalue weighted by Gasteiger charge is -2.05. The first-order valence-electron chi connectivity index (χ1n) is 7.18. The molecule has 0 saturated heterocycles. The predicted octanol–water partition coefficient (Wildman–Crippen LogP) is 2.14. The Bertz CT molecular complexity index is 787. The molecule has 2 N–H and O–H groups in total. The number of nitrogens with zero attached hydrogens (tertiary/aromatic N) is 1. The van der Waals surface area contributed by atoms with Gasteiger partial charge in [-0.15, -0.1) is 0 Å². The van der Waals surface area contributed by atoms with Crippen LogP contribution in [-0.2, 0) is 13.0 Å². The molecule has 0 radical (unpaired) electrons. The van der Waals surface area contributed by atoms with E-state index in [1.165, 1.54) is 5.56 Å². The van der Waals surface area contributed by atoms with E-state index in [4.69, 9.17) is 0 Å². The summed E-state index contributed by atoms with van der Waals surface area (Å²) in [6.07, 6.45) is 0.902. The molecule has 3 aromatic rings. The van der Waals surface area contributed by atoms with Crippen molar-refractivity contribution in [2.24, 2.45) is 0 Å². The summed E-state index contributed by atoms with van der Waals surface area (Å²) in [5, 5.41) is 3.14. The molecule has 1 aromatic heterocycles. The van der Waals surface area contributed by atoms with Gasteiger partial charge in [-0.25, -0.2) is 4.79 Å². The molecular formula is C17H19N3O. The maximum atomic E-state index is 12.3. The number of aromatic nitrogens is 2. The maximum Gasteiger partial charge on any atom is 0.326 e. The average molecular weight is 281 g/mol. The molecule has 3 rings (SSSR count). The SMILES string of the molecule is CNCCc1cccc2c1[nH]c(=O)n2Cc1ccccc1. The van der Waals surface area contributed by atoms with E-state index in [2.05, 4.69) is 16.4 Å². The van der Waals surface area contributed by atoms with E-state index in [1.807, 2.05) is 49.5 Å². The van der Waals surface area contributed by atoms with Crippen LogP contribution < -0.4 is 11.0 Å². The smallest absolute Gasteiger partial charge is 0.319 e. The number of imidazole rings is 1. The molecule has 0 aliphatic heterocycles. The topological polar surface area (TPSA) is 49.8 Å². The first-order chi connectivity index (χ1) is 10.3. The second kappa shape index (κ2) is 5.97. The molecule has 4 heteroatoms. The summed E-state index contributed by atoms with van der Waals surface area (Å²) in [6.45, 7) is 1.49. The minimum absolute atomic E-state index is 0.0502. The number of fused-ring (bicyclic) bond motifs is 1. The number of hydrogen-bond acceptors (Lipinski definition) is 2. The zero-order valence-electron chi connectivity index (χ0n) is 12.1. The fourth-order valence-electron chi connectivity index (χ4n) is 2.63. The zero-order valence-corrected chi connectivity index (χ0v) is 12.1. The van der Waals surface area contributed by atoms with Gasteiger partial charge in [-0.1, -0.05) is 42.5 Å². The Morgan fingerprint density at radius 1 is 1.10 bits per heavy atom. The molecule has 21 heavy (non-hydrogen) atoms. The van der Waals surface area contributed by atoms with Gasteiger partial charge in [0.25, 0.3) is 0 Å².